The van der Waals surface area contributed by atoms with Crippen molar-refractivity contribution in [3.8, 4) is 11.4 Å². The Morgan fingerprint density at radius 1 is 1.32 bits per heavy atom. The number of hydrogen-bond acceptors (Lipinski definition) is 3. The molecule has 3 rings (SSSR count). The highest BCUT2D eigenvalue weighted by molar-refractivity contribution is 5.54. The summed E-state index contributed by atoms with van der Waals surface area (Å²) in [6.45, 7) is 5.74. The van der Waals surface area contributed by atoms with Crippen LogP contribution in [0.15, 0.2) is 30.6 Å². The maximum Gasteiger partial charge on any atom is 0.0883 e. The Kier molecular flexibility index (Phi) is 3.34. The van der Waals surface area contributed by atoms with Gasteiger partial charge in [-0.1, -0.05) is 0 Å². The normalized spacial score (nSPS) is 20.3. The molecule has 2 aromatic rings. The van der Waals surface area contributed by atoms with Crippen LogP contribution in [-0.4, -0.2) is 32.7 Å². The predicted octanol–water partition coefficient (Wildman–Crippen LogP) is 3.02. The van der Waals surface area contributed by atoms with Crippen LogP contribution < -0.4 is 0 Å². The molecule has 4 nitrogen and oxygen atoms in total. The van der Waals surface area contributed by atoms with Crippen molar-refractivity contribution in [2.24, 2.45) is 0 Å². The molecule has 1 aliphatic rings. The topological polar surface area (TPSA) is 44.8 Å². The number of nitrogens with one attached hydrogen (secondary N) is 1. The number of aromatic amines is 1. The van der Waals surface area contributed by atoms with E-state index >= 15 is 0 Å². The first-order valence-corrected chi connectivity index (χ1v) is 6.97. The number of pyridine rings is 1. The fourth-order valence-electron chi connectivity index (χ4n) is 2.97. The number of rotatable bonds is 3. The van der Waals surface area contributed by atoms with Crippen molar-refractivity contribution in [1.82, 2.24) is 20.1 Å². The highest BCUT2D eigenvalue weighted by Gasteiger charge is 2.27. The molecule has 0 unspecified atom stereocenters. The summed E-state index contributed by atoms with van der Waals surface area (Å²) in [5, 5.41) is 6.97. The van der Waals surface area contributed by atoms with E-state index in [1.807, 2.05) is 12.3 Å². The summed E-state index contributed by atoms with van der Waals surface area (Å²) in [4.78, 5) is 7.01. The van der Waals surface area contributed by atoms with E-state index in [9.17, 15) is 0 Å². The van der Waals surface area contributed by atoms with Crippen molar-refractivity contribution in [1.29, 1.82) is 0 Å². The van der Waals surface area contributed by atoms with Crippen LogP contribution in [-0.2, 0) is 0 Å². The zero-order valence-corrected chi connectivity index (χ0v) is 11.5. The summed E-state index contributed by atoms with van der Waals surface area (Å²) in [7, 11) is 0. The average molecular weight is 256 g/mol. The van der Waals surface area contributed by atoms with Crippen molar-refractivity contribution < 1.29 is 0 Å². The third-order valence-electron chi connectivity index (χ3n) is 3.90. The molecule has 1 N–H and O–H groups in total. The molecule has 3 heterocycles. The molecule has 0 saturated carbocycles. The number of hydrogen-bond donors (Lipinski definition) is 1. The van der Waals surface area contributed by atoms with Gasteiger partial charge in [0.1, 0.15) is 0 Å². The predicted molar refractivity (Wildman–Crippen MR) is 75.6 cm³/mol. The Balaban J connectivity index is 1.91. The van der Waals surface area contributed by atoms with Crippen molar-refractivity contribution in [3.63, 3.8) is 0 Å². The molecule has 0 radical (unpaired) electrons. The molecule has 1 fully saturated rings. The standard InChI is InChI=1S/C15H20N4/c1-11(2)19-9-3-4-15(19)12-5-7-16-14(10-12)13-6-8-17-18-13/h5-8,10-11,15H,3-4,9H2,1-2H3,(H,17,18)/t15-/m0/s1. The Morgan fingerprint density at radius 2 is 2.21 bits per heavy atom. The van der Waals surface area contributed by atoms with Crippen LogP contribution in [0.3, 0.4) is 0 Å². The van der Waals surface area contributed by atoms with Gasteiger partial charge >= 0.3 is 0 Å². The quantitative estimate of drug-likeness (QED) is 0.918. The van der Waals surface area contributed by atoms with Crippen molar-refractivity contribution >= 4 is 0 Å². The summed E-state index contributed by atoms with van der Waals surface area (Å²) in [5.74, 6) is 0. The molecule has 4 heteroatoms. The van der Waals surface area contributed by atoms with Crippen LogP contribution in [0.4, 0.5) is 0 Å². The molecule has 2 aromatic heterocycles. The minimum atomic E-state index is 0.532. The zero-order chi connectivity index (χ0) is 13.2. The molecular weight excluding hydrogens is 236 g/mol. The van der Waals surface area contributed by atoms with Crippen LogP contribution in [0, 0.1) is 0 Å². The molecule has 0 aliphatic carbocycles. The molecular formula is C15H20N4. The Hall–Kier alpha value is -1.68. The molecule has 19 heavy (non-hydrogen) atoms. The third kappa shape index (κ3) is 2.40. The lowest BCUT2D eigenvalue weighted by Gasteiger charge is -2.28. The van der Waals surface area contributed by atoms with Crippen LogP contribution in [0.25, 0.3) is 11.4 Å². The smallest absolute Gasteiger partial charge is 0.0883 e. The monoisotopic (exact) mass is 256 g/mol. The van der Waals surface area contributed by atoms with Gasteiger partial charge in [0.25, 0.3) is 0 Å². The van der Waals surface area contributed by atoms with Crippen LogP contribution >= 0.6 is 0 Å². The second-order valence-corrected chi connectivity index (χ2v) is 5.43. The number of aromatic nitrogens is 3. The van der Waals surface area contributed by atoms with Crippen molar-refractivity contribution in [2.45, 2.75) is 38.8 Å². The fraction of sp³-hybridized carbons (Fsp3) is 0.467. The lowest BCUT2D eigenvalue weighted by atomic mass is 10.0. The van der Waals surface area contributed by atoms with Gasteiger partial charge in [-0.2, -0.15) is 5.10 Å². The molecule has 1 atom stereocenters. The fourth-order valence-corrected chi connectivity index (χ4v) is 2.97. The molecule has 1 aliphatic heterocycles. The highest BCUT2D eigenvalue weighted by atomic mass is 15.2. The summed E-state index contributed by atoms with van der Waals surface area (Å²) in [6.07, 6.45) is 6.19. The highest BCUT2D eigenvalue weighted by Crippen LogP contribution is 2.34. The zero-order valence-electron chi connectivity index (χ0n) is 11.5. The summed E-state index contributed by atoms with van der Waals surface area (Å²) >= 11 is 0. The van der Waals surface area contributed by atoms with Crippen molar-refractivity contribution in [2.75, 3.05) is 6.54 Å². The largest absolute Gasteiger partial charge is 0.294 e. The van der Waals surface area contributed by atoms with Gasteiger partial charge in [-0.05, 0) is 57.0 Å². The van der Waals surface area contributed by atoms with Gasteiger partial charge in [-0.3, -0.25) is 15.0 Å². The van der Waals surface area contributed by atoms with Crippen LogP contribution in [0.2, 0.25) is 0 Å². The number of likely N-dealkylation sites (tertiary alicyclic amines) is 1. The van der Waals surface area contributed by atoms with Gasteiger partial charge in [0.15, 0.2) is 0 Å². The van der Waals surface area contributed by atoms with E-state index in [0.717, 1.165) is 11.4 Å². The van der Waals surface area contributed by atoms with Crippen LogP contribution in [0.5, 0.6) is 0 Å². The van der Waals surface area contributed by atoms with E-state index < -0.39 is 0 Å². The molecule has 0 bridgehead atoms. The summed E-state index contributed by atoms with van der Waals surface area (Å²) in [5.41, 5.74) is 3.33. The van der Waals surface area contributed by atoms with Gasteiger partial charge in [0, 0.05) is 24.5 Å². The molecule has 100 valence electrons. The average Bonchev–Trinajstić information content (AvgIpc) is 3.10. The third-order valence-corrected chi connectivity index (χ3v) is 3.90. The number of nitrogens with zero attached hydrogens (tertiary/aromatic N) is 3. The molecule has 0 aromatic carbocycles. The minimum absolute atomic E-state index is 0.532. The van der Waals surface area contributed by atoms with Gasteiger partial charge in [-0.25, -0.2) is 0 Å². The summed E-state index contributed by atoms with van der Waals surface area (Å²) in [6, 6.07) is 7.42. The van der Waals surface area contributed by atoms with Gasteiger partial charge in [0.05, 0.1) is 11.4 Å². The second-order valence-electron chi connectivity index (χ2n) is 5.43. The van der Waals surface area contributed by atoms with Gasteiger partial charge in [0.2, 0.25) is 0 Å². The maximum absolute atomic E-state index is 4.43. The van der Waals surface area contributed by atoms with Crippen molar-refractivity contribution in [3.05, 3.63) is 36.2 Å². The minimum Gasteiger partial charge on any atom is -0.294 e. The SMILES string of the molecule is CC(C)N1CCC[C@H]1c1ccnc(-c2ccn[nH]2)c1. The first kappa shape index (κ1) is 12.4. The van der Waals surface area contributed by atoms with E-state index in [4.69, 9.17) is 0 Å². The van der Waals surface area contributed by atoms with Gasteiger partial charge in [-0.15, -0.1) is 0 Å². The van der Waals surface area contributed by atoms with Crippen LogP contribution in [0.1, 0.15) is 38.3 Å². The van der Waals surface area contributed by atoms with Gasteiger partial charge < -0.3 is 0 Å². The Morgan fingerprint density at radius 3 is 2.95 bits per heavy atom. The molecule has 0 amide bonds. The van der Waals surface area contributed by atoms with E-state index in [0.29, 0.717) is 12.1 Å². The van der Waals surface area contributed by atoms with E-state index in [-0.39, 0.29) is 0 Å². The summed E-state index contributed by atoms with van der Waals surface area (Å²) < 4.78 is 0. The molecule has 0 spiro atoms. The lowest BCUT2D eigenvalue weighted by Crippen LogP contribution is -2.30. The second kappa shape index (κ2) is 5.13. The first-order valence-electron chi connectivity index (χ1n) is 6.97. The first-order chi connectivity index (χ1) is 9.25. The van der Waals surface area contributed by atoms with E-state index in [1.165, 1.54) is 24.9 Å². The molecule has 1 saturated heterocycles. The number of H-pyrrole nitrogens is 1. The Labute approximate surface area is 113 Å². The maximum atomic E-state index is 4.43. The Bertz CT molecular complexity index is 533. The lowest BCUT2D eigenvalue weighted by molar-refractivity contribution is 0.205. The van der Waals surface area contributed by atoms with E-state index in [2.05, 4.69) is 46.1 Å². The van der Waals surface area contributed by atoms with E-state index in [1.54, 1.807) is 6.20 Å².